The van der Waals surface area contributed by atoms with Crippen molar-refractivity contribution < 1.29 is 14.3 Å². The minimum absolute atomic E-state index is 0.117. The van der Waals surface area contributed by atoms with Gasteiger partial charge in [0.25, 0.3) is 0 Å². The number of thioether (sulfide) groups is 1. The van der Waals surface area contributed by atoms with E-state index in [4.69, 9.17) is 4.74 Å². The fraction of sp³-hybridized carbons (Fsp3) is 0.353. The zero-order valence-electron chi connectivity index (χ0n) is 13.4. The molecule has 0 saturated carbocycles. The minimum atomic E-state index is -0.374. The van der Waals surface area contributed by atoms with Crippen molar-refractivity contribution in [1.82, 2.24) is 4.90 Å². The second-order valence-electron chi connectivity index (χ2n) is 5.48. The van der Waals surface area contributed by atoms with Crippen LogP contribution in [0, 0.1) is 0 Å². The molecule has 3 rings (SSSR count). The first kappa shape index (κ1) is 16.6. The number of carbonyl (C=O) groups is 2. The number of nitrogens with one attached hydrogen (secondary N) is 1. The molecule has 0 radical (unpaired) electrons. The molecule has 1 N–H and O–H groups in total. The van der Waals surface area contributed by atoms with E-state index in [0.717, 1.165) is 30.4 Å². The Morgan fingerprint density at radius 1 is 1.42 bits per heavy atom. The van der Waals surface area contributed by atoms with Crippen molar-refractivity contribution in [3.05, 3.63) is 40.9 Å². The van der Waals surface area contributed by atoms with Gasteiger partial charge in [0, 0.05) is 17.9 Å². The molecule has 0 aliphatic carbocycles. The maximum atomic E-state index is 12.3. The maximum Gasteiger partial charge on any atom is 0.338 e. The van der Waals surface area contributed by atoms with Crippen LogP contribution in [-0.2, 0) is 9.53 Å². The fourth-order valence-electron chi connectivity index (χ4n) is 2.49. The van der Waals surface area contributed by atoms with Crippen molar-refractivity contribution in [3.63, 3.8) is 0 Å². The molecule has 0 spiro atoms. The van der Waals surface area contributed by atoms with Crippen LogP contribution in [0.4, 0.5) is 5.69 Å². The topological polar surface area (TPSA) is 71.0 Å². The number of ether oxygens (including phenoxy) is 1. The Morgan fingerprint density at radius 2 is 2.29 bits per heavy atom. The molecule has 2 aliphatic heterocycles. The first-order valence-electron chi connectivity index (χ1n) is 7.92. The molecule has 1 aromatic rings. The Labute approximate surface area is 145 Å². The van der Waals surface area contributed by atoms with Gasteiger partial charge in [-0.1, -0.05) is 24.8 Å². The molecule has 6 nitrogen and oxygen atoms in total. The van der Waals surface area contributed by atoms with E-state index in [1.54, 1.807) is 36.0 Å². The first-order chi connectivity index (χ1) is 11.7. The summed E-state index contributed by atoms with van der Waals surface area (Å²) in [5.74, 6) is -0.491. The summed E-state index contributed by atoms with van der Waals surface area (Å²) < 4.78 is 5.11. The standard InChI is InChI=1S/C17H19N3O3S/c1-2-8-23-16(22)12-4-3-5-13(9-12)19-15(21)10-14-11-24-17-18-6-7-20(14)17/h3-5,9,11H,2,6-8,10H2,1H3,(H,19,21). The number of amides is 1. The predicted molar refractivity (Wildman–Crippen MR) is 94.9 cm³/mol. The van der Waals surface area contributed by atoms with Crippen molar-refractivity contribution in [2.75, 3.05) is 25.0 Å². The molecule has 0 aromatic heterocycles. The molecule has 24 heavy (non-hydrogen) atoms. The van der Waals surface area contributed by atoms with Crippen molar-refractivity contribution in [2.45, 2.75) is 19.8 Å². The SMILES string of the molecule is CCCOC(=O)c1cccc(NC(=O)CC2=CSC3=NCCN23)c1. The second-order valence-corrected chi connectivity index (χ2v) is 6.32. The van der Waals surface area contributed by atoms with Gasteiger partial charge in [0.1, 0.15) is 0 Å². The van der Waals surface area contributed by atoms with E-state index in [-0.39, 0.29) is 18.3 Å². The summed E-state index contributed by atoms with van der Waals surface area (Å²) in [5.41, 5.74) is 1.99. The number of rotatable bonds is 6. The molecule has 1 aromatic carbocycles. The summed E-state index contributed by atoms with van der Waals surface area (Å²) in [6.07, 6.45) is 1.06. The number of fused-ring (bicyclic) bond motifs is 1. The Balaban J connectivity index is 1.58. The number of esters is 1. The van der Waals surface area contributed by atoms with Gasteiger partial charge in [0.15, 0.2) is 5.17 Å². The third kappa shape index (κ3) is 3.79. The van der Waals surface area contributed by atoms with Crippen LogP contribution in [0.3, 0.4) is 0 Å². The third-order valence-electron chi connectivity index (χ3n) is 3.61. The number of aliphatic imine (C=N–C) groups is 1. The molecule has 0 bridgehead atoms. The zero-order valence-corrected chi connectivity index (χ0v) is 14.3. The molecule has 0 saturated heterocycles. The van der Waals surface area contributed by atoms with E-state index in [0.29, 0.717) is 17.9 Å². The lowest BCUT2D eigenvalue weighted by molar-refractivity contribution is -0.115. The van der Waals surface area contributed by atoms with Crippen LogP contribution in [0.5, 0.6) is 0 Å². The van der Waals surface area contributed by atoms with Gasteiger partial charge in [-0.25, -0.2) is 4.79 Å². The lowest BCUT2D eigenvalue weighted by atomic mass is 10.2. The number of nitrogens with zero attached hydrogens (tertiary/aromatic N) is 2. The molecule has 1 amide bonds. The van der Waals surface area contributed by atoms with Crippen LogP contribution in [0.1, 0.15) is 30.1 Å². The Bertz CT molecular complexity index is 715. The highest BCUT2D eigenvalue weighted by Crippen LogP contribution is 2.31. The summed E-state index contributed by atoms with van der Waals surface area (Å²) in [5, 5.41) is 5.78. The van der Waals surface area contributed by atoms with Crippen LogP contribution in [0.25, 0.3) is 0 Å². The Hall–Kier alpha value is -2.28. The highest BCUT2D eigenvalue weighted by molar-refractivity contribution is 8.16. The van der Waals surface area contributed by atoms with Crippen LogP contribution >= 0.6 is 11.8 Å². The van der Waals surface area contributed by atoms with Crippen molar-refractivity contribution >= 4 is 34.5 Å². The van der Waals surface area contributed by atoms with Gasteiger partial charge in [-0.3, -0.25) is 9.79 Å². The number of benzene rings is 1. The number of amidine groups is 1. The van der Waals surface area contributed by atoms with E-state index in [1.165, 1.54) is 0 Å². The van der Waals surface area contributed by atoms with E-state index >= 15 is 0 Å². The van der Waals surface area contributed by atoms with E-state index in [9.17, 15) is 9.59 Å². The van der Waals surface area contributed by atoms with Gasteiger partial charge in [0.2, 0.25) is 5.91 Å². The van der Waals surface area contributed by atoms with Crippen LogP contribution < -0.4 is 5.32 Å². The molecule has 0 fully saturated rings. The number of hydrogen-bond donors (Lipinski definition) is 1. The molecule has 2 aliphatic rings. The van der Waals surface area contributed by atoms with Crippen molar-refractivity contribution in [3.8, 4) is 0 Å². The summed E-state index contributed by atoms with van der Waals surface area (Å²) in [7, 11) is 0. The smallest absolute Gasteiger partial charge is 0.338 e. The molecule has 126 valence electrons. The van der Waals surface area contributed by atoms with Gasteiger partial charge < -0.3 is 15.0 Å². The second kappa shape index (κ2) is 7.53. The maximum absolute atomic E-state index is 12.3. The van der Waals surface area contributed by atoms with Gasteiger partial charge >= 0.3 is 5.97 Å². The lowest BCUT2D eigenvalue weighted by Crippen LogP contribution is -2.24. The van der Waals surface area contributed by atoms with Crippen molar-refractivity contribution in [2.24, 2.45) is 4.99 Å². The van der Waals surface area contributed by atoms with Gasteiger partial charge in [-0.2, -0.15) is 0 Å². The van der Waals surface area contributed by atoms with E-state index in [1.807, 2.05) is 12.3 Å². The quantitative estimate of drug-likeness (QED) is 0.803. The van der Waals surface area contributed by atoms with Gasteiger partial charge in [-0.15, -0.1) is 0 Å². The predicted octanol–water partition coefficient (Wildman–Crippen LogP) is 2.84. The lowest BCUT2D eigenvalue weighted by Gasteiger charge is -2.16. The summed E-state index contributed by atoms with van der Waals surface area (Å²) in [6.45, 7) is 3.95. The normalized spacial score (nSPS) is 15.6. The minimum Gasteiger partial charge on any atom is -0.462 e. The fourth-order valence-corrected chi connectivity index (χ4v) is 3.44. The Morgan fingerprint density at radius 3 is 3.12 bits per heavy atom. The van der Waals surface area contributed by atoms with Crippen LogP contribution in [0.2, 0.25) is 0 Å². The largest absolute Gasteiger partial charge is 0.462 e. The number of hydrogen-bond acceptors (Lipinski definition) is 6. The Kier molecular flexibility index (Phi) is 5.20. The van der Waals surface area contributed by atoms with Crippen molar-refractivity contribution in [1.29, 1.82) is 0 Å². The molecule has 7 heteroatoms. The van der Waals surface area contributed by atoms with Crippen LogP contribution in [0.15, 0.2) is 40.4 Å². The molecular formula is C17H19N3O3S. The first-order valence-corrected chi connectivity index (χ1v) is 8.80. The van der Waals surface area contributed by atoms with E-state index < -0.39 is 0 Å². The number of carbonyl (C=O) groups excluding carboxylic acids is 2. The summed E-state index contributed by atoms with van der Waals surface area (Å²) in [6, 6.07) is 6.80. The highest BCUT2D eigenvalue weighted by Gasteiger charge is 2.27. The highest BCUT2D eigenvalue weighted by atomic mass is 32.2. The average Bonchev–Trinajstić information content (AvgIpc) is 3.18. The molecule has 2 heterocycles. The monoisotopic (exact) mass is 345 g/mol. The van der Waals surface area contributed by atoms with Gasteiger partial charge in [-0.05, 0) is 30.0 Å². The van der Waals surface area contributed by atoms with Gasteiger partial charge in [0.05, 0.1) is 25.1 Å². The molecule has 0 atom stereocenters. The molecular weight excluding hydrogens is 326 g/mol. The summed E-state index contributed by atoms with van der Waals surface area (Å²) in [4.78, 5) is 30.6. The van der Waals surface area contributed by atoms with E-state index in [2.05, 4.69) is 15.2 Å². The van der Waals surface area contributed by atoms with Crippen LogP contribution in [-0.4, -0.2) is 41.6 Å². The number of anilines is 1. The summed E-state index contributed by atoms with van der Waals surface area (Å²) >= 11 is 1.56. The third-order valence-corrected chi connectivity index (χ3v) is 4.56. The average molecular weight is 345 g/mol. The zero-order chi connectivity index (χ0) is 16.9. The molecule has 0 unspecified atom stereocenters.